The Labute approximate surface area is 175 Å². The van der Waals surface area contributed by atoms with Gasteiger partial charge in [-0.25, -0.2) is 0 Å². The van der Waals surface area contributed by atoms with E-state index >= 15 is 0 Å². The highest BCUT2D eigenvalue weighted by molar-refractivity contribution is 5.79. The van der Waals surface area contributed by atoms with Gasteiger partial charge in [0.05, 0.1) is 21.3 Å². The minimum Gasteiger partial charge on any atom is -0.493 e. The lowest BCUT2D eigenvalue weighted by Gasteiger charge is -2.41. The number of ether oxygens (including phenoxy) is 3. The summed E-state index contributed by atoms with van der Waals surface area (Å²) in [6.45, 7) is 8.54. The fourth-order valence-corrected chi connectivity index (χ4v) is 3.81. The first kappa shape index (κ1) is 23.1. The lowest BCUT2D eigenvalue weighted by atomic mass is 9.98. The van der Waals surface area contributed by atoms with E-state index in [9.17, 15) is 0 Å². The van der Waals surface area contributed by atoms with Gasteiger partial charge in [-0.2, -0.15) is 0 Å². The number of guanidine groups is 1. The van der Waals surface area contributed by atoms with Gasteiger partial charge in [0.2, 0.25) is 5.75 Å². The maximum atomic E-state index is 5.57. The quantitative estimate of drug-likeness (QED) is 0.486. The number of aliphatic imine (C=N–C) groups is 1. The van der Waals surface area contributed by atoms with Crippen molar-refractivity contribution in [2.75, 3.05) is 54.6 Å². The van der Waals surface area contributed by atoms with Crippen LogP contribution in [-0.2, 0) is 6.42 Å². The Morgan fingerprint density at radius 2 is 1.69 bits per heavy atom. The molecule has 1 aromatic carbocycles. The zero-order valence-electron chi connectivity index (χ0n) is 18.9. The SMILES string of the molecule is CN=C(NCCc1ccc(OC)c(OC)c1OC)NCC(C)(C)N1CCCCC1. The first-order chi connectivity index (χ1) is 14.0. The van der Waals surface area contributed by atoms with Crippen LogP contribution in [0.4, 0.5) is 0 Å². The Morgan fingerprint density at radius 3 is 2.28 bits per heavy atom. The van der Waals surface area contributed by atoms with Crippen LogP contribution in [0.3, 0.4) is 0 Å². The fourth-order valence-electron chi connectivity index (χ4n) is 3.81. The molecule has 0 unspecified atom stereocenters. The molecule has 29 heavy (non-hydrogen) atoms. The number of hydrogen-bond donors (Lipinski definition) is 2. The molecule has 1 aliphatic heterocycles. The van der Waals surface area contributed by atoms with E-state index in [1.807, 2.05) is 12.1 Å². The highest BCUT2D eigenvalue weighted by atomic mass is 16.5. The van der Waals surface area contributed by atoms with E-state index in [1.165, 1.54) is 32.4 Å². The smallest absolute Gasteiger partial charge is 0.203 e. The Hall–Kier alpha value is -2.15. The summed E-state index contributed by atoms with van der Waals surface area (Å²) in [6, 6.07) is 3.92. The summed E-state index contributed by atoms with van der Waals surface area (Å²) in [5.74, 6) is 2.81. The number of hydrogen-bond acceptors (Lipinski definition) is 5. The number of nitrogens with zero attached hydrogens (tertiary/aromatic N) is 2. The average Bonchev–Trinajstić information content (AvgIpc) is 2.75. The van der Waals surface area contributed by atoms with Crippen molar-refractivity contribution < 1.29 is 14.2 Å². The zero-order valence-corrected chi connectivity index (χ0v) is 18.9. The summed E-state index contributed by atoms with van der Waals surface area (Å²) in [6.07, 6.45) is 4.72. The minimum absolute atomic E-state index is 0.102. The van der Waals surface area contributed by atoms with Gasteiger partial charge in [-0.1, -0.05) is 12.5 Å². The molecule has 164 valence electrons. The van der Waals surface area contributed by atoms with E-state index in [0.717, 1.165) is 31.0 Å². The lowest BCUT2D eigenvalue weighted by Crippen LogP contribution is -2.55. The fraction of sp³-hybridized carbons (Fsp3) is 0.682. The van der Waals surface area contributed by atoms with Crippen LogP contribution in [-0.4, -0.2) is 71.0 Å². The van der Waals surface area contributed by atoms with Crippen LogP contribution >= 0.6 is 0 Å². The van der Waals surface area contributed by atoms with E-state index in [4.69, 9.17) is 14.2 Å². The lowest BCUT2D eigenvalue weighted by molar-refractivity contribution is 0.0982. The van der Waals surface area contributed by atoms with Crippen LogP contribution in [0.1, 0.15) is 38.7 Å². The van der Waals surface area contributed by atoms with Crippen molar-refractivity contribution in [2.45, 2.75) is 45.1 Å². The first-order valence-corrected chi connectivity index (χ1v) is 10.4. The number of methoxy groups -OCH3 is 3. The molecule has 1 aliphatic rings. The van der Waals surface area contributed by atoms with Gasteiger partial charge in [-0.3, -0.25) is 9.89 Å². The Balaban J connectivity index is 1.90. The summed E-state index contributed by atoms with van der Waals surface area (Å²) in [4.78, 5) is 6.95. The van der Waals surface area contributed by atoms with Crippen molar-refractivity contribution in [1.82, 2.24) is 15.5 Å². The van der Waals surface area contributed by atoms with E-state index in [1.54, 1.807) is 28.4 Å². The summed E-state index contributed by atoms with van der Waals surface area (Å²) < 4.78 is 16.4. The molecule has 1 fully saturated rings. The van der Waals surface area contributed by atoms with Gasteiger partial charge in [-0.05, 0) is 52.3 Å². The van der Waals surface area contributed by atoms with Crippen LogP contribution in [0.15, 0.2) is 17.1 Å². The monoisotopic (exact) mass is 406 g/mol. The molecule has 0 saturated carbocycles. The van der Waals surface area contributed by atoms with Crippen molar-refractivity contribution in [1.29, 1.82) is 0 Å². The Kier molecular flexibility index (Phi) is 8.89. The molecule has 0 aromatic heterocycles. The molecular weight excluding hydrogens is 368 g/mol. The second-order valence-corrected chi connectivity index (χ2v) is 7.96. The molecule has 7 nitrogen and oxygen atoms in total. The molecule has 2 N–H and O–H groups in total. The van der Waals surface area contributed by atoms with Gasteiger partial charge >= 0.3 is 0 Å². The van der Waals surface area contributed by atoms with Gasteiger partial charge in [0.15, 0.2) is 17.5 Å². The molecule has 0 amide bonds. The van der Waals surface area contributed by atoms with Gasteiger partial charge in [0.1, 0.15) is 0 Å². The van der Waals surface area contributed by atoms with Crippen molar-refractivity contribution in [2.24, 2.45) is 4.99 Å². The summed E-state index contributed by atoms with van der Waals surface area (Å²) >= 11 is 0. The molecule has 0 bridgehead atoms. The maximum Gasteiger partial charge on any atom is 0.203 e. The van der Waals surface area contributed by atoms with E-state index < -0.39 is 0 Å². The normalized spacial score (nSPS) is 15.7. The topological polar surface area (TPSA) is 67.4 Å². The molecule has 2 rings (SSSR count). The van der Waals surface area contributed by atoms with Crippen LogP contribution in [0.25, 0.3) is 0 Å². The van der Waals surface area contributed by atoms with Gasteiger partial charge < -0.3 is 24.8 Å². The van der Waals surface area contributed by atoms with Gasteiger partial charge in [0.25, 0.3) is 0 Å². The third-order valence-electron chi connectivity index (χ3n) is 5.60. The summed E-state index contributed by atoms with van der Waals surface area (Å²) in [5, 5.41) is 6.89. The summed E-state index contributed by atoms with van der Waals surface area (Å²) in [7, 11) is 6.70. The standard InChI is InChI=1S/C22H38N4O3/c1-22(2,26-14-8-7-9-15-26)16-25-21(23-3)24-13-12-17-10-11-18(27-4)20(29-6)19(17)28-5/h10-11H,7-9,12-16H2,1-6H3,(H2,23,24,25). The predicted octanol–water partition coefficient (Wildman–Crippen LogP) is 2.68. The highest BCUT2D eigenvalue weighted by Gasteiger charge is 2.27. The Bertz CT molecular complexity index is 670. The van der Waals surface area contributed by atoms with Crippen LogP contribution < -0.4 is 24.8 Å². The second-order valence-electron chi connectivity index (χ2n) is 7.96. The number of likely N-dealkylation sites (tertiary alicyclic amines) is 1. The molecule has 0 radical (unpaired) electrons. The molecule has 7 heteroatoms. The van der Waals surface area contributed by atoms with E-state index in [0.29, 0.717) is 17.2 Å². The van der Waals surface area contributed by atoms with Gasteiger partial charge in [0, 0.05) is 31.2 Å². The van der Waals surface area contributed by atoms with Crippen molar-refractivity contribution in [3.63, 3.8) is 0 Å². The Morgan fingerprint density at radius 1 is 1.00 bits per heavy atom. The molecule has 1 saturated heterocycles. The predicted molar refractivity (Wildman–Crippen MR) is 119 cm³/mol. The number of nitrogens with one attached hydrogen (secondary N) is 2. The van der Waals surface area contributed by atoms with Crippen molar-refractivity contribution >= 4 is 5.96 Å². The molecule has 1 aromatic rings. The summed E-state index contributed by atoms with van der Waals surface area (Å²) in [5.41, 5.74) is 1.16. The van der Waals surface area contributed by atoms with Crippen LogP contribution in [0, 0.1) is 0 Å². The van der Waals surface area contributed by atoms with E-state index in [-0.39, 0.29) is 5.54 Å². The third kappa shape index (κ3) is 6.16. The molecule has 0 aliphatic carbocycles. The minimum atomic E-state index is 0.102. The molecular formula is C22H38N4O3. The maximum absolute atomic E-state index is 5.57. The number of rotatable bonds is 9. The van der Waals surface area contributed by atoms with Crippen LogP contribution in [0.5, 0.6) is 17.2 Å². The van der Waals surface area contributed by atoms with Crippen LogP contribution in [0.2, 0.25) is 0 Å². The molecule has 0 atom stereocenters. The molecule has 1 heterocycles. The zero-order chi connectivity index (χ0) is 21.3. The molecule has 0 spiro atoms. The van der Waals surface area contributed by atoms with Gasteiger partial charge in [-0.15, -0.1) is 0 Å². The largest absolute Gasteiger partial charge is 0.493 e. The number of benzene rings is 1. The van der Waals surface area contributed by atoms with Crippen molar-refractivity contribution in [3.8, 4) is 17.2 Å². The van der Waals surface area contributed by atoms with Crippen molar-refractivity contribution in [3.05, 3.63) is 17.7 Å². The second kappa shape index (κ2) is 11.1. The number of piperidine rings is 1. The van der Waals surface area contributed by atoms with E-state index in [2.05, 4.69) is 34.4 Å². The average molecular weight is 407 g/mol. The first-order valence-electron chi connectivity index (χ1n) is 10.4. The highest BCUT2D eigenvalue weighted by Crippen LogP contribution is 2.39. The third-order valence-corrected chi connectivity index (χ3v) is 5.60.